The van der Waals surface area contributed by atoms with Gasteiger partial charge in [0.2, 0.25) is 0 Å². The third kappa shape index (κ3) is 5.41. The highest BCUT2D eigenvalue weighted by atomic mass is 32.2. The first-order chi connectivity index (χ1) is 12.0. The molecule has 0 saturated heterocycles. The summed E-state index contributed by atoms with van der Waals surface area (Å²) in [7, 11) is -3.19. The van der Waals surface area contributed by atoms with E-state index < -0.39 is 9.84 Å². The first-order valence-electron chi connectivity index (χ1n) is 8.35. The smallest absolute Gasteiger partial charge is 0.251 e. The van der Waals surface area contributed by atoms with Crippen molar-refractivity contribution in [1.29, 1.82) is 0 Å². The van der Waals surface area contributed by atoms with Gasteiger partial charge < -0.3 is 10.6 Å². The summed E-state index contributed by atoms with van der Waals surface area (Å²) in [5.41, 5.74) is 2.59. The number of benzene rings is 2. The Morgan fingerprint density at radius 3 is 2.00 bits per heavy atom. The van der Waals surface area contributed by atoms with Crippen LogP contribution in [0.3, 0.4) is 0 Å². The van der Waals surface area contributed by atoms with Crippen molar-refractivity contribution in [3.63, 3.8) is 0 Å². The van der Waals surface area contributed by atoms with E-state index in [-0.39, 0.29) is 11.7 Å². The lowest BCUT2D eigenvalue weighted by atomic mass is 10.1. The Kier molecular flexibility index (Phi) is 6.73. The summed E-state index contributed by atoms with van der Waals surface area (Å²) in [5.74, 6) is -0.0763. The molecule has 0 unspecified atom stereocenters. The summed E-state index contributed by atoms with van der Waals surface area (Å²) in [6.45, 7) is 5.70. The van der Waals surface area contributed by atoms with Gasteiger partial charge in [-0.25, -0.2) is 8.42 Å². The highest BCUT2D eigenvalue weighted by molar-refractivity contribution is 7.91. The Morgan fingerprint density at radius 2 is 1.44 bits per heavy atom. The number of sulfone groups is 1. The van der Waals surface area contributed by atoms with Crippen molar-refractivity contribution in [1.82, 2.24) is 10.6 Å². The number of hydrogen-bond acceptors (Lipinski definition) is 4. The normalized spacial score (nSPS) is 11.3. The van der Waals surface area contributed by atoms with Crippen molar-refractivity contribution in [3.05, 3.63) is 65.2 Å². The van der Waals surface area contributed by atoms with Gasteiger partial charge in [-0.2, -0.15) is 0 Å². The van der Waals surface area contributed by atoms with Crippen LogP contribution in [0.1, 0.15) is 35.3 Å². The number of carbonyl (C=O) groups is 1. The number of nitrogens with one attached hydrogen (secondary N) is 2. The first-order valence-corrected chi connectivity index (χ1v) is 10.0. The zero-order valence-electron chi connectivity index (χ0n) is 14.6. The lowest BCUT2D eigenvalue weighted by molar-refractivity contribution is 0.0951. The van der Waals surface area contributed by atoms with Gasteiger partial charge in [0, 0.05) is 18.7 Å². The SMILES string of the molecule is CCNCc1ccc(C(=O)NCc2ccc(S(=O)(=O)CC)cc2)cc1. The average Bonchev–Trinajstić information content (AvgIpc) is 2.65. The Morgan fingerprint density at radius 1 is 0.880 bits per heavy atom. The van der Waals surface area contributed by atoms with Gasteiger partial charge in [0.05, 0.1) is 10.6 Å². The predicted octanol–water partition coefficient (Wildman–Crippen LogP) is 2.52. The molecule has 0 aliphatic heterocycles. The topological polar surface area (TPSA) is 75.3 Å². The molecule has 2 aromatic carbocycles. The lowest BCUT2D eigenvalue weighted by Crippen LogP contribution is -2.22. The molecule has 2 aromatic rings. The molecular weight excluding hydrogens is 336 g/mol. The molecule has 0 spiro atoms. The van der Waals surface area contributed by atoms with Crippen molar-refractivity contribution >= 4 is 15.7 Å². The van der Waals surface area contributed by atoms with E-state index in [9.17, 15) is 13.2 Å². The highest BCUT2D eigenvalue weighted by Gasteiger charge is 2.11. The van der Waals surface area contributed by atoms with E-state index in [0.29, 0.717) is 17.0 Å². The van der Waals surface area contributed by atoms with Gasteiger partial charge in [0.15, 0.2) is 9.84 Å². The molecule has 134 valence electrons. The molecule has 1 amide bonds. The van der Waals surface area contributed by atoms with Crippen LogP contribution in [0.25, 0.3) is 0 Å². The summed E-state index contributed by atoms with van der Waals surface area (Å²) < 4.78 is 23.6. The third-order valence-electron chi connectivity index (χ3n) is 3.91. The zero-order chi connectivity index (χ0) is 18.3. The highest BCUT2D eigenvalue weighted by Crippen LogP contribution is 2.12. The minimum Gasteiger partial charge on any atom is -0.348 e. The lowest BCUT2D eigenvalue weighted by Gasteiger charge is -2.08. The van der Waals surface area contributed by atoms with Crippen molar-refractivity contribution in [2.24, 2.45) is 0 Å². The fourth-order valence-electron chi connectivity index (χ4n) is 2.31. The number of carbonyl (C=O) groups excluding carboxylic acids is 1. The van der Waals surface area contributed by atoms with Gasteiger partial charge in [-0.1, -0.05) is 38.1 Å². The number of rotatable bonds is 8. The van der Waals surface area contributed by atoms with Crippen LogP contribution in [0.5, 0.6) is 0 Å². The van der Waals surface area contributed by atoms with Crippen molar-refractivity contribution in [2.75, 3.05) is 12.3 Å². The molecule has 2 N–H and O–H groups in total. The fraction of sp³-hybridized carbons (Fsp3) is 0.316. The molecule has 0 heterocycles. The van der Waals surface area contributed by atoms with Crippen LogP contribution in [-0.2, 0) is 22.9 Å². The number of amides is 1. The van der Waals surface area contributed by atoms with Crippen molar-refractivity contribution < 1.29 is 13.2 Å². The molecule has 0 aliphatic rings. The van der Waals surface area contributed by atoms with Crippen LogP contribution >= 0.6 is 0 Å². The van der Waals surface area contributed by atoms with E-state index in [0.717, 1.165) is 24.2 Å². The van der Waals surface area contributed by atoms with E-state index in [2.05, 4.69) is 10.6 Å². The molecule has 0 fully saturated rings. The van der Waals surface area contributed by atoms with E-state index >= 15 is 0 Å². The first kappa shape index (κ1) is 19.1. The summed E-state index contributed by atoms with van der Waals surface area (Å²) in [6.07, 6.45) is 0. The third-order valence-corrected chi connectivity index (χ3v) is 5.66. The summed E-state index contributed by atoms with van der Waals surface area (Å²) in [4.78, 5) is 12.5. The predicted molar refractivity (Wildman–Crippen MR) is 99.2 cm³/mol. The summed E-state index contributed by atoms with van der Waals surface area (Å²) >= 11 is 0. The quantitative estimate of drug-likeness (QED) is 0.758. The molecule has 6 heteroatoms. The minimum absolute atomic E-state index is 0.0762. The molecule has 25 heavy (non-hydrogen) atoms. The molecule has 2 rings (SSSR count). The van der Waals surface area contributed by atoms with Gasteiger partial charge in [0.1, 0.15) is 0 Å². The Hall–Kier alpha value is -2.18. The van der Waals surface area contributed by atoms with Crippen LogP contribution in [0.15, 0.2) is 53.4 Å². The molecule has 0 atom stereocenters. The van der Waals surface area contributed by atoms with Crippen molar-refractivity contribution in [3.8, 4) is 0 Å². The van der Waals surface area contributed by atoms with Gasteiger partial charge in [0.25, 0.3) is 5.91 Å². The van der Waals surface area contributed by atoms with Gasteiger partial charge in [-0.05, 0) is 41.9 Å². The van der Waals surface area contributed by atoms with E-state index in [4.69, 9.17) is 0 Å². The second-order valence-electron chi connectivity index (χ2n) is 5.71. The second kappa shape index (κ2) is 8.78. The Labute approximate surface area is 149 Å². The van der Waals surface area contributed by atoms with E-state index in [1.54, 1.807) is 43.3 Å². The average molecular weight is 360 g/mol. The largest absolute Gasteiger partial charge is 0.348 e. The van der Waals surface area contributed by atoms with Crippen LogP contribution in [0.4, 0.5) is 0 Å². The molecule has 0 saturated carbocycles. The maximum absolute atomic E-state index is 12.2. The molecule has 0 aliphatic carbocycles. The standard InChI is InChI=1S/C19H24N2O3S/c1-3-20-13-15-5-9-17(10-6-15)19(22)21-14-16-7-11-18(12-8-16)25(23,24)4-2/h5-12,20H,3-4,13-14H2,1-2H3,(H,21,22). The second-order valence-corrected chi connectivity index (χ2v) is 7.99. The molecule has 0 aromatic heterocycles. The van der Waals surface area contributed by atoms with Gasteiger partial charge >= 0.3 is 0 Å². The van der Waals surface area contributed by atoms with Crippen LogP contribution in [0, 0.1) is 0 Å². The van der Waals surface area contributed by atoms with Crippen molar-refractivity contribution in [2.45, 2.75) is 31.8 Å². The minimum atomic E-state index is -3.19. The molecular formula is C19H24N2O3S. The van der Waals surface area contributed by atoms with E-state index in [1.807, 2.05) is 19.1 Å². The maximum atomic E-state index is 12.2. The van der Waals surface area contributed by atoms with Crippen LogP contribution in [0.2, 0.25) is 0 Å². The maximum Gasteiger partial charge on any atom is 0.251 e. The van der Waals surface area contributed by atoms with Crippen LogP contribution in [-0.4, -0.2) is 26.6 Å². The Bertz CT molecular complexity index is 798. The molecule has 0 radical (unpaired) electrons. The summed E-state index contributed by atoms with van der Waals surface area (Å²) in [5, 5.41) is 6.08. The fourth-order valence-corrected chi connectivity index (χ4v) is 3.19. The van der Waals surface area contributed by atoms with Crippen LogP contribution < -0.4 is 10.6 Å². The zero-order valence-corrected chi connectivity index (χ0v) is 15.4. The summed E-state index contributed by atoms with van der Waals surface area (Å²) in [6, 6.07) is 14.1. The van der Waals surface area contributed by atoms with E-state index in [1.165, 1.54) is 0 Å². The molecule has 5 nitrogen and oxygen atoms in total. The Balaban J connectivity index is 1.93. The van der Waals surface area contributed by atoms with Gasteiger partial charge in [-0.15, -0.1) is 0 Å². The van der Waals surface area contributed by atoms with Gasteiger partial charge in [-0.3, -0.25) is 4.79 Å². The monoisotopic (exact) mass is 360 g/mol. The molecule has 0 bridgehead atoms. The number of hydrogen-bond donors (Lipinski definition) is 2.